The second-order valence-corrected chi connectivity index (χ2v) is 3.85. The van der Waals surface area contributed by atoms with Crippen LogP contribution in [-0.4, -0.2) is 25.7 Å². The molecule has 0 bridgehead atoms. The maximum Gasteiger partial charge on any atom is 0.307 e. The van der Waals surface area contributed by atoms with Crippen molar-refractivity contribution in [2.45, 2.75) is 18.9 Å². The van der Waals surface area contributed by atoms with Crippen LogP contribution in [0.2, 0.25) is 0 Å². The zero-order valence-corrected chi connectivity index (χ0v) is 10.2. The van der Waals surface area contributed by atoms with Crippen molar-refractivity contribution in [1.82, 2.24) is 5.32 Å². The molecule has 0 heterocycles. The number of benzene rings is 1. The van der Waals surface area contributed by atoms with E-state index in [1.54, 1.807) is 6.08 Å². The van der Waals surface area contributed by atoms with Crippen LogP contribution in [-0.2, 0) is 16.0 Å². The van der Waals surface area contributed by atoms with E-state index in [-0.39, 0.29) is 18.6 Å². The molecule has 1 N–H and O–H groups in total. The highest BCUT2D eigenvalue weighted by atomic mass is 16.5. The van der Waals surface area contributed by atoms with Gasteiger partial charge in [0.05, 0.1) is 6.42 Å². The minimum absolute atomic E-state index is 0.106. The molecule has 0 spiro atoms. The van der Waals surface area contributed by atoms with Gasteiger partial charge >= 0.3 is 5.97 Å². The van der Waals surface area contributed by atoms with Gasteiger partial charge in [0.1, 0.15) is 6.61 Å². The molecule has 0 fully saturated rings. The largest absolute Gasteiger partial charge is 0.461 e. The average Bonchev–Trinajstić information content (AvgIpc) is 2.36. The van der Waals surface area contributed by atoms with Crippen LogP contribution >= 0.6 is 0 Å². The molecule has 0 aliphatic carbocycles. The van der Waals surface area contributed by atoms with Crippen LogP contribution < -0.4 is 5.32 Å². The van der Waals surface area contributed by atoms with Gasteiger partial charge in [-0.2, -0.15) is 0 Å². The molecule has 3 nitrogen and oxygen atoms in total. The summed E-state index contributed by atoms with van der Waals surface area (Å²) in [6.45, 7) is 3.79. The lowest BCUT2D eigenvalue weighted by atomic mass is 10.0. The first-order valence-electron chi connectivity index (χ1n) is 5.74. The van der Waals surface area contributed by atoms with Crippen LogP contribution in [0.5, 0.6) is 0 Å². The highest BCUT2D eigenvalue weighted by molar-refractivity contribution is 5.70. The number of carbonyl (C=O) groups excluding carboxylic acids is 1. The molecule has 0 aromatic heterocycles. The first kappa shape index (κ1) is 13.5. The Morgan fingerprint density at radius 3 is 2.76 bits per heavy atom. The molecule has 92 valence electrons. The van der Waals surface area contributed by atoms with E-state index in [0.29, 0.717) is 6.42 Å². The third-order valence-electron chi connectivity index (χ3n) is 2.51. The lowest BCUT2D eigenvalue weighted by Gasteiger charge is -2.15. The monoisotopic (exact) mass is 233 g/mol. The van der Waals surface area contributed by atoms with Gasteiger partial charge in [0, 0.05) is 6.04 Å². The molecular weight excluding hydrogens is 214 g/mol. The number of carbonyl (C=O) groups is 1. The number of rotatable bonds is 7. The molecule has 0 amide bonds. The van der Waals surface area contributed by atoms with Crippen LogP contribution in [0.15, 0.2) is 43.0 Å². The van der Waals surface area contributed by atoms with Gasteiger partial charge in [-0.05, 0) is 19.0 Å². The summed E-state index contributed by atoms with van der Waals surface area (Å²) in [6, 6.07) is 10.2. The second-order valence-electron chi connectivity index (χ2n) is 3.85. The van der Waals surface area contributed by atoms with E-state index in [1.807, 2.05) is 25.2 Å². The highest BCUT2D eigenvalue weighted by Crippen LogP contribution is 2.06. The maximum absolute atomic E-state index is 11.5. The predicted octanol–water partition coefficient (Wildman–Crippen LogP) is 1.94. The molecule has 1 atom stereocenters. The lowest BCUT2D eigenvalue weighted by molar-refractivity contribution is -0.142. The summed E-state index contributed by atoms with van der Waals surface area (Å²) >= 11 is 0. The minimum atomic E-state index is -0.194. The number of hydrogen-bond acceptors (Lipinski definition) is 3. The molecule has 3 heteroatoms. The number of esters is 1. The molecule has 0 radical (unpaired) electrons. The highest BCUT2D eigenvalue weighted by Gasteiger charge is 2.13. The summed E-state index contributed by atoms with van der Waals surface area (Å²) in [4.78, 5) is 11.5. The SMILES string of the molecule is C=CCOC(=O)C[C@H](Cc1ccccc1)NC. The molecule has 0 saturated heterocycles. The minimum Gasteiger partial charge on any atom is -0.461 e. The van der Waals surface area contributed by atoms with E-state index in [0.717, 1.165) is 6.42 Å². The number of ether oxygens (including phenoxy) is 1. The number of hydrogen-bond donors (Lipinski definition) is 1. The molecule has 0 aliphatic rings. The Bertz CT molecular complexity index is 348. The van der Waals surface area contributed by atoms with E-state index in [2.05, 4.69) is 24.0 Å². The van der Waals surface area contributed by atoms with Gasteiger partial charge in [-0.3, -0.25) is 4.79 Å². The fraction of sp³-hybridized carbons (Fsp3) is 0.357. The number of nitrogens with one attached hydrogen (secondary N) is 1. The molecule has 0 unspecified atom stereocenters. The normalized spacial score (nSPS) is 11.8. The Morgan fingerprint density at radius 2 is 2.18 bits per heavy atom. The Hall–Kier alpha value is -1.61. The van der Waals surface area contributed by atoms with Crippen molar-refractivity contribution in [3.8, 4) is 0 Å². The smallest absolute Gasteiger partial charge is 0.307 e. The molecule has 0 saturated carbocycles. The summed E-state index contributed by atoms with van der Waals surface area (Å²) in [5.74, 6) is -0.194. The summed E-state index contributed by atoms with van der Waals surface area (Å²) in [5.41, 5.74) is 1.21. The van der Waals surface area contributed by atoms with Crippen molar-refractivity contribution < 1.29 is 9.53 Å². The quantitative estimate of drug-likeness (QED) is 0.578. The van der Waals surface area contributed by atoms with Crippen LogP contribution in [0.1, 0.15) is 12.0 Å². The summed E-state index contributed by atoms with van der Waals surface area (Å²) in [6.07, 6.45) is 2.77. The fourth-order valence-corrected chi connectivity index (χ4v) is 1.59. The Balaban J connectivity index is 2.43. The predicted molar refractivity (Wildman–Crippen MR) is 68.8 cm³/mol. The molecular formula is C14H19NO2. The standard InChI is InChI=1S/C14H19NO2/c1-3-9-17-14(16)11-13(15-2)10-12-7-5-4-6-8-12/h3-8,13,15H,1,9-11H2,2H3/t13-/m0/s1. The average molecular weight is 233 g/mol. The second kappa shape index (κ2) is 7.63. The van der Waals surface area contributed by atoms with Crippen molar-refractivity contribution in [3.63, 3.8) is 0 Å². The summed E-state index contributed by atoms with van der Waals surface area (Å²) in [7, 11) is 1.86. The molecule has 1 aromatic carbocycles. The molecule has 17 heavy (non-hydrogen) atoms. The molecule has 1 rings (SSSR count). The first-order chi connectivity index (χ1) is 8.26. The van der Waals surface area contributed by atoms with Crippen LogP contribution in [0.4, 0.5) is 0 Å². The topological polar surface area (TPSA) is 38.3 Å². The van der Waals surface area contributed by atoms with Gasteiger partial charge in [-0.25, -0.2) is 0 Å². The Morgan fingerprint density at radius 1 is 1.47 bits per heavy atom. The van der Waals surface area contributed by atoms with E-state index in [4.69, 9.17) is 4.74 Å². The summed E-state index contributed by atoms with van der Waals surface area (Å²) in [5, 5.41) is 3.13. The van der Waals surface area contributed by atoms with E-state index in [1.165, 1.54) is 5.56 Å². The van der Waals surface area contributed by atoms with Gasteiger partial charge in [-0.1, -0.05) is 43.0 Å². The zero-order valence-electron chi connectivity index (χ0n) is 10.2. The maximum atomic E-state index is 11.5. The Kier molecular flexibility index (Phi) is 6.04. The van der Waals surface area contributed by atoms with Crippen LogP contribution in [0, 0.1) is 0 Å². The van der Waals surface area contributed by atoms with Gasteiger partial charge in [-0.15, -0.1) is 0 Å². The molecule has 1 aromatic rings. The van der Waals surface area contributed by atoms with Crippen molar-refractivity contribution in [1.29, 1.82) is 0 Å². The van der Waals surface area contributed by atoms with Crippen molar-refractivity contribution >= 4 is 5.97 Å². The first-order valence-corrected chi connectivity index (χ1v) is 5.74. The lowest BCUT2D eigenvalue weighted by Crippen LogP contribution is -2.31. The van der Waals surface area contributed by atoms with Crippen molar-refractivity contribution in [2.75, 3.05) is 13.7 Å². The fourth-order valence-electron chi connectivity index (χ4n) is 1.59. The molecule has 0 aliphatic heterocycles. The summed E-state index contributed by atoms with van der Waals surface area (Å²) < 4.78 is 4.96. The number of likely N-dealkylation sites (N-methyl/N-ethyl adjacent to an activating group) is 1. The van der Waals surface area contributed by atoms with E-state index >= 15 is 0 Å². The van der Waals surface area contributed by atoms with Gasteiger partial charge in [0.15, 0.2) is 0 Å². The van der Waals surface area contributed by atoms with Gasteiger partial charge in [0.2, 0.25) is 0 Å². The van der Waals surface area contributed by atoms with E-state index < -0.39 is 0 Å². The van der Waals surface area contributed by atoms with Crippen LogP contribution in [0.25, 0.3) is 0 Å². The van der Waals surface area contributed by atoms with Gasteiger partial charge in [0.25, 0.3) is 0 Å². The van der Waals surface area contributed by atoms with Crippen molar-refractivity contribution in [3.05, 3.63) is 48.6 Å². The Labute approximate surface area is 102 Å². The van der Waals surface area contributed by atoms with Crippen LogP contribution in [0.3, 0.4) is 0 Å². The van der Waals surface area contributed by atoms with E-state index in [9.17, 15) is 4.79 Å². The van der Waals surface area contributed by atoms with Gasteiger partial charge < -0.3 is 10.1 Å². The third-order valence-corrected chi connectivity index (χ3v) is 2.51. The van der Waals surface area contributed by atoms with Crippen molar-refractivity contribution in [2.24, 2.45) is 0 Å². The third kappa shape index (κ3) is 5.31. The zero-order chi connectivity index (χ0) is 12.5.